The van der Waals surface area contributed by atoms with Crippen LogP contribution in [0.5, 0.6) is 5.75 Å². The Kier molecular flexibility index (Phi) is 4.42. The van der Waals surface area contributed by atoms with E-state index in [-0.39, 0.29) is 6.10 Å². The number of piperidine rings is 1. The summed E-state index contributed by atoms with van der Waals surface area (Å²) in [6.45, 7) is 2.13. The number of ether oxygens (including phenoxy) is 1. The summed E-state index contributed by atoms with van der Waals surface area (Å²) >= 11 is 0. The summed E-state index contributed by atoms with van der Waals surface area (Å²) in [5.74, 6) is 1.19. The topological polar surface area (TPSA) is 42.4 Å². The van der Waals surface area contributed by atoms with Crippen LogP contribution in [0.3, 0.4) is 0 Å². The molecule has 21 heavy (non-hydrogen) atoms. The van der Waals surface area contributed by atoms with Crippen molar-refractivity contribution in [1.82, 2.24) is 9.88 Å². The van der Waals surface area contributed by atoms with Gasteiger partial charge in [0.15, 0.2) is 0 Å². The maximum Gasteiger partial charge on any atom is 0.223 e. The predicted molar refractivity (Wildman–Crippen MR) is 81.1 cm³/mol. The van der Waals surface area contributed by atoms with Crippen LogP contribution in [0.2, 0.25) is 0 Å². The van der Waals surface area contributed by atoms with Gasteiger partial charge in [0.25, 0.3) is 0 Å². The van der Waals surface area contributed by atoms with E-state index in [1.807, 2.05) is 12.1 Å². The molecule has 2 saturated heterocycles. The van der Waals surface area contributed by atoms with Crippen molar-refractivity contribution in [2.45, 2.75) is 70.1 Å². The number of hydrogen-bond donors (Lipinski definition) is 0. The number of hydrogen-bond acceptors (Lipinski definition) is 3. The minimum atomic E-state index is 0.224. The van der Waals surface area contributed by atoms with E-state index in [4.69, 9.17) is 4.74 Å². The highest BCUT2D eigenvalue weighted by Crippen LogP contribution is 2.37. The van der Waals surface area contributed by atoms with Gasteiger partial charge in [0.05, 0.1) is 6.20 Å². The molecule has 2 fully saturated rings. The van der Waals surface area contributed by atoms with Gasteiger partial charge in [0.2, 0.25) is 5.91 Å². The van der Waals surface area contributed by atoms with E-state index in [2.05, 4.69) is 16.8 Å². The van der Waals surface area contributed by atoms with E-state index >= 15 is 0 Å². The second-order valence-electron chi connectivity index (χ2n) is 6.19. The third-order valence-electron chi connectivity index (χ3n) is 4.66. The lowest BCUT2D eigenvalue weighted by Gasteiger charge is -2.39. The summed E-state index contributed by atoms with van der Waals surface area (Å²) in [5.41, 5.74) is 0. The van der Waals surface area contributed by atoms with Crippen molar-refractivity contribution in [3.05, 3.63) is 24.5 Å². The first-order valence-corrected chi connectivity index (χ1v) is 8.15. The number of nitrogens with zero attached hydrogens (tertiary/aromatic N) is 2. The monoisotopic (exact) mass is 288 g/mol. The smallest absolute Gasteiger partial charge is 0.223 e. The van der Waals surface area contributed by atoms with Gasteiger partial charge in [-0.2, -0.15) is 0 Å². The molecule has 2 atom stereocenters. The van der Waals surface area contributed by atoms with Crippen LogP contribution in [0.4, 0.5) is 0 Å². The molecule has 0 N–H and O–H groups in total. The van der Waals surface area contributed by atoms with E-state index in [9.17, 15) is 4.79 Å². The first-order valence-electron chi connectivity index (χ1n) is 8.15. The van der Waals surface area contributed by atoms with Crippen molar-refractivity contribution < 1.29 is 9.53 Å². The number of fused-ring (bicyclic) bond motifs is 2. The highest BCUT2D eigenvalue weighted by atomic mass is 16.5. The van der Waals surface area contributed by atoms with Crippen molar-refractivity contribution in [2.24, 2.45) is 0 Å². The van der Waals surface area contributed by atoms with Gasteiger partial charge in [-0.15, -0.1) is 0 Å². The van der Waals surface area contributed by atoms with Crippen LogP contribution < -0.4 is 4.74 Å². The zero-order valence-electron chi connectivity index (χ0n) is 12.7. The zero-order chi connectivity index (χ0) is 14.7. The number of carbonyl (C=O) groups is 1. The van der Waals surface area contributed by atoms with E-state index in [0.29, 0.717) is 24.4 Å². The Morgan fingerprint density at radius 2 is 2.14 bits per heavy atom. The van der Waals surface area contributed by atoms with Gasteiger partial charge in [-0.1, -0.05) is 13.3 Å². The minimum absolute atomic E-state index is 0.224. The molecule has 3 heterocycles. The molecule has 0 spiro atoms. The Hall–Kier alpha value is -1.58. The standard InChI is InChI=1S/C17H24N2O2/c1-2-3-6-17(20)19-13-7-8-14(19)11-16(10-13)21-15-5-4-9-18-12-15/h4-5,9,12-14,16H,2-3,6-8,10-11H2,1H3. The maximum absolute atomic E-state index is 12.4. The fraction of sp³-hybridized carbons (Fsp3) is 0.647. The lowest BCUT2D eigenvalue weighted by molar-refractivity contribution is -0.137. The summed E-state index contributed by atoms with van der Waals surface area (Å²) in [4.78, 5) is 18.6. The molecule has 0 saturated carbocycles. The van der Waals surface area contributed by atoms with E-state index in [0.717, 1.165) is 44.3 Å². The van der Waals surface area contributed by atoms with Gasteiger partial charge in [-0.3, -0.25) is 9.78 Å². The SMILES string of the molecule is CCCCC(=O)N1C2CCC1CC(Oc1cccnc1)C2. The number of carbonyl (C=O) groups excluding carboxylic acids is 1. The Morgan fingerprint density at radius 3 is 2.76 bits per heavy atom. The van der Waals surface area contributed by atoms with Gasteiger partial charge < -0.3 is 9.64 Å². The van der Waals surface area contributed by atoms with Crippen molar-refractivity contribution in [1.29, 1.82) is 0 Å². The summed E-state index contributed by atoms with van der Waals surface area (Å²) in [6, 6.07) is 4.62. The Bertz CT molecular complexity index is 463. The molecule has 0 aliphatic carbocycles. The summed E-state index contributed by atoms with van der Waals surface area (Å²) in [5, 5.41) is 0. The molecular formula is C17H24N2O2. The number of amides is 1. The van der Waals surface area contributed by atoms with Crippen LogP contribution in [0, 0.1) is 0 Å². The van der Waals surface area contributed by atoms with Crippen LogP contribution in [-0.4, -0.2) is 34.0 Å². The Labute approximate surface area is 126 Å². The number of pyridine rings is 1. The summed E-state index contributed by atoms with van der Waals surface area (Å²) in [6.07, 6.45) is 10.7. The third kappa shape index (κ3) is 3.20. The predicted octanol–water partition coefficient (Wildman–Crippen LogP) is 3.17. The first kappa shape index (κ1) is 14.4. The quantitative estimate of drug-likeness (QED) is 0.835. The second-order valence-corrected chi connectivity index (χ2v) is 6.19. The van der Waals surface area contributed by atoms with Crippen LogP contribution in [0.15, 0.2) is 24.5 Å². The second kappa shape index (κ2) is 6.46. The van der Waals surface area contributed by atoms with Crippen LogP contribution >= 0.6 is 0 Å². The molecule has 0 aromatic carbocycles. The minimum Gasteiger partial charge on any atom is -0.489 e. The average molecular weight is 288 g/mol. The molecule has 4 heteroatoms. The molecule has 3 rings (SSSR count). The fourth-order valence-electron chi connectivity index (χ4n) is 3.70. The number of rotatable bonds is 5. The largest absolute Gasteiger partial charge is 0.489 e. The fourth-order valence-corrected chi connectivity index (χ4v) is 3.70. The van der Waals surface area contributed by atoms with Crippen molar-refractivity contribution in [2.75, 3.05) is 0 Å². The maximum atomic E-state index is 12.4. The average Bonchev–Trinajstić information content (AvgIpc) is 2.77. The molecule has 1 aromatic rings. The van der Waals surface area contributed by atoms with E-state index in [1.54, 1.807) is 12.4 Å². The van der Waals surface area contributed by atoms with Crippen molar-refractivity contribution in [3.63, 3.8) is 0 Å². The lowest BCUT2D eigenvalue weighted by atomic mass is 9.98. The molecule has 1 aromatic heterocycles. The molecule has 2 aliphatic rings. The normalized spacial score (nSPS) is 27.7. The molecule has 2 aliphatic heterocycles. The van der Waals surface area contributed by atoms with Gasteiger partial charge in [0.1, 0.15) is 11.9 Å². The van der Waals surface area contributed by atoms with Crippen LogP contribution in [0.25, 0.3) is 0 Å². The lowest BCUT2D eigenvalue weighted by Crippen LogP contribution is -2.49. The molecule has 2 unspecified atom stereocenters. The van der Waals surface area contributed by atoms with Crippen LogP contribution in [-0.2, 0) is 4.79 Å². The highest BCUT2D eigenvalue weighted by molar-refractivity contribution is 5.77. The zero-order valence-corrected chi connectivity index (χ0v) is 12.7. The molecule has 114 valence electrons. The van der Waals surface area contributed by atoms with E-state index in [1.165, 1.54) is 0 Å². The number of aromatic nitrogens is 1. The highest BCUT2D eigenvalue weighted by Gasteiger charge is 2.43. The van der Waals surface area contributed by atoms with Crippen LogP contribution in [0.1, 0.15) is 51.9 Å². The van der Waals surface area contributed by atoms with Crippen molar-refractivity contribution in [3.8, 4) is 5.75 Å². The van der Waals surface area contributed by atoms with Gasteiger partial charge in [0, 0.05) is 37.5 Å². The third-order valence-corrected chi connectivity index (χ3v) is 4.66. The first-order chi connectivity index (χ1) is 10.3. The molecule has 4 nitrogen and oxygen atoms in total. The molecular weight excluding hydrogens is 264 g/mol. The van der Waals surface area contributed by atoms with E-state index < -0.39 is 0 Å². The summed E-state index contributed by atoms with van der Waals surface area (Å²) < 4.78 is 6.04. The molecule has 2 bridgehead atoms. The Balaban J connectivity index is 1.60. The number of unbranched alkanes of at least 4 members (excludes halogenated alkanes) is 1. The van der Waals surface area contributed by atoms with Gasteiger partial charge in [-0.05, 0) is 31.4 Å². The molecule has 1 amide bonds. The van der Waals surface area contributed by atoms with Crippen molar-refractivity contribution >= 4 is 5.91 Å². The Morgan fingerprint density at radius 1 is 1.38 bits per heavy atom. The van der Waals surface area contributed by atoms with Gasteiger partial charge >= 0.3 is 0 Å². The van der Waals surface area contributed by atoms with Gasteiger partial charge in [-0.25, -0.2) is 0 Å². The molecule has 0 radical (unpaired) electrons. The summed E-state index contributed by atoms with van der Waals surface area (Å²) in [7, 11) is 0.